The summed E-state index contributed by atoms with van der Waals surface area (Å²) in [4.78, 5) is 15.5. The molecule has 6 nitrogen and oxygen atoms in total. The summed E-state index contributed by atoms with van der Waals surface area (Å²) in [6, 6.07) is 15.2. The summed E-state index contributed by atoms with van der Waals surface area (Å²) in [5, 5.41) is 20.1. The summed E-state index contributed by atoms with van der Waals surface area (Å²) in [7, 11) is 0. The molecule has 0 spiro atoms. The first kappa shape index (κ1) is 16.8. The number of para-hydroxylation sites is 2. The quantitative estimate of drug-likeness (QED) is 0.394. The van der Waals surface area contributed by atoms with Crippen molar-refractivity contribution in [2.45, 2.75) is 13.0 Å². The molecule has 6 heteroatoms. The summed E-state index contributed by atoms with van der Waals surface area (Å²) in [6.07, 6.45) is 3.64. The molecule has 0 radical (unpaired) electrons. The highest BCUT2D eigenvalue weighted by molar-refractivity contribution is 5.95. The lowest BCUT2D eigenvalue weighted by atomic mass is 10.1. The van der Waals surface area contributed by atoms with Gasteiger partial charge in [0.15, 0.2) is 5.69 Å². The highest BCUT2D eigenvalue weighted by atomic mass is 16.3. The topological polar surface area (TPSA) is 82.7 Å². The predicted molar refractivity (Wildman–Crippen MR) is 105 cm³/mol. The molecule has 0 atom stereocenters. The maximum atomic E-state index is 12.3. The van der Waals surface area contributed by atoms with E-state index in [1.165, 1.54) is 0 Å². The second-order valence-electron chi connectivity index (χ2n) is 6.22. The minimum atomic E-state index is -0.375. The van der Waals surface area contributed by atoms with Gasteiger partial charge in [-0.05, 0) is 17.7 Å². The molecule has 1 amide bonds. The summed E-state index contributed by atoms with van der Waals surface area (Å²) in [5.74, 6) is -0.403. The second kappa shape index (κ2) is 6.92. The van der Waals surface area contributed by atoms with Gasteiger partial charge in [-0.25, -0.2) is 0 Å². The first-order valence-corrected chi connectivity index (χ1v) is 8.59. The minimum absolute atomic E-state index is 0.0280. The van der Waals surface area contributed by atoms with E-state index < -0.39 is 0 Å². The summed E-state index contributed by atoms with van der Waals surface area (Å²) >= 11 is 0. The van der Waals surface area contributed by atoms with Crippen molar-refractivity contribution in [2.24, 2.45) is 10.2 Å². The van der Waals surface area contributed by atoms with Crippen LogP contribution in [0.4, 0.5) is 5.69 Å². The summed E-state index contributed by atoms with van der Waals surface area (Å²) in [5.41, 5.74) is 2.95. The van der Waals surface area contributed by atoms with Crippen LogP contribution in [0.3, 0.4) is 0 Å². The number of allylic oxidation sites excluding steroid dienone is 1. The van der Waals surface area contributed by atoms with Crippen LogP contribution < -0.4 is 0 Å². The fraction of sp³-hybridized carbons (Fsp3) is 0.0952. The van der Waals surface area contributed by atoms with Crippen LogP contribution >= 0.6 is 0 Å². The highest BCUT2D eigenvalue weighted by Gasteiger charge is 2.16. The molecule has 4 rings (SSSR count). The smallest absolute Gasteiger partial charge is 0.269 e. The number of H-pyrrole nitrogens is 1. The number of benzene rings is 2. The van der Waals surface area contributed by atoms with Gasteiger partial charge in [-0.3, -0.25) is 4.79 Å². The van der Waals surface area contributed by atoms with Crippen LogP contribution in [0.15, 0.2) is 77.6 Å². The molecular formula is C21H18N4O2. The van der Waals surface area contributed by atoms with E-state index in [1.807, 2.05) is 54.7 Å². The zero-order valence-corrected chi connectivity index (χ0v) is 14.6. The van der Waals surface area contributed by atoms with E-state index in [-0.39, 0.29) is 18.2 Å². The number of nitrogens with one attached hydrogen (secondary N) is 1. The van der Waals surface area contributed by atoms with Crippen LogP contribution in [0, 0.1) is 0 Å². The van der Waals surface area contributed by atoms with E-state index in [2.05, 4.69) is 21.8 Å². The Hall–Kier alpha value is -3.67. The van der Waals surface area contributed by atoms with Gasteiger partial charge in [0.2, 0.25) is 5.88 Å². The zero-order valence-electron chi connectivity index (χ0n) is 14.6. The van der Waals surface area contributed by atoms with E-state index >= 15 is 0 Å². The van der Waals surface area contributed by atoms with Crippen LogP contribution in [0.25, 0.3) is 21.8 Å². The third-order valence-corrected chi connectivity index (χ3v) is 4.51. The van der Waals surface area contributed by atoms with Crippen LogP contribution in [0.2, 0.25) is 0 Å². The van der Waals surface area contributed by atoms with E-state index in [0.717, 1.165) is 27.4 Å². The maximum Gasteiger partial charge on any atom is 0.269 e. The molecular weight excluding hydrogens is 340 g/mol. The molecule has 2 aromatic carbocycles. The van der Waals surface area contributed by atoms with E-state index in [4.69, 9.17) is 0 Å². The number of carbonyl (C=O) groups excluding carboxylic acids is 1. The first-order chi connectivity index (χ1) is 13.2. The number of aromatic hydroxyl groups is 1. The maximum absolute atomic E-state index is 12.3. The van der Waals surface area contributed by atoms with Gasteiger partial charge < -0.3 is 14.7 Å². The average Bonchev–Trinajstić information content (AvgIpc) is 3.20. The van der Waals surface area contributed by atoms with Crippen molar-refractivity contribution in [1.29, 1.82) is 0 Å². The van der Waals surface area contributed by atoms with Crippen LogP contribution in [0.5, 0.6) is 5.88 Å². The number of rotatable bonds is 5. The van der Waals surface area contributed by atoms with Crippen LogP contribution in [0.1, 0.15) is 5.56 Å². The van der Waals surface area contributed by atoms with Crippen molar-refractivity contribution in [3.63, 3.8) is 0 Å². The van der Waals surface area contributed by atoms with Gasteiger partial charge in [-0.15, -0.1) is 16.8 Å². The molecule has 134 valence electrons. The van der Waals surface area contributed by atoms with Crippen molar-refractivity contribution in [3.05, 3.63) is 72.9 Å². The molecule has 2 N–H and O–H groups in total. The number of hydrogen-bond donors (Lipinski definition) is 2. The zero-order chi connectivity index (χ0) is 18.8. The van der Waals surface area contributed by atoms with Gasteiger partial charge in [-0.2, -0.15) is 0 Å². The highest BCUT2D eigenvalue weighted by Crippen LogP contribution is 2.38. The van der Waals surface area contributed by atoms with Crippen molar-refractivity contribution in [1.82, 2.24) is 9.55 Å². The first-order valence-electron chi connectivity index (χ1n) is 8.59. The average molecular weight is 358 g/mol. The SMILES string of the molecule is C=CCn1c(O)c(N=NC(=O)Cc2c[nH]c3ccccc23)c2ccccc21. The van der Waals surface area contributed by atoms with E-state index in [1.54, 1.807) is 10.6 Å². The molecule has 0 fully saturated rings. The number of hydrogen-bond acceptors (Lipinski definition) is 3. The molecule has 0 aliphatic rings. The Balaban J connectivity index is 1.64. The summed E-state index contributed by atoms with van der Waals surface area (Å²) < 4.78 is 1.68. The second-order valence-corrected chi connectivity index (χ2v) is 6.22. The Kier molecular flexibility index (Phi) is 4.30. The number of azo groups is 1. The molecule has 0 aliphatic carbocycles. The normalized spacial score (nSPS) is 11.6. The third kappa shape index (κ3) is 3.01. The number of carbonyl (C=O) groups is 1. The van der Waals surface area contributed by atoms with Gasteiger partial charge in [0.25, 0.3) is 5.91 Å². The molecule has 0 aliphatic heterocycles. The van der Waals surface area contributed by atoms with Gasteiger partial charge in [-0.1, -0.05) is 42.5 Å². The van der Waals surface area contributed by atoms with Crippen LogP contribution in [-0.4, -0.2) is 20.6 Å². The van der Waals surface area contributed by atoms with Crippen molar-refractivity contribution in [3.8, 4) is 5.88 Å². The van der Waals surface area contributed by atoms with Crippen molar-refractivity contribution in [2.75, 3.05) is 0 Å². The predicted octanol–water partition coefficient (Wildman–Crippen LogP) is 4.87. The van der Waals surface area contributed by atoms with Gasteiger partial charge in [0.1, 0.15) is 0 Å². The Bertz CT molecular complexity index is 1180. The fourth-order valence-electron chi connectivity index (χ4n) is 3.27. The Morgan fingerprint density at radius 3 is 2.70 bits per heavy atom. The lowest BCUT2D eigenvalue weighted by Crippen LogP contribution is -1.97. The Morgan fingerprint density at radius 1 is 1.15 bits per heavy atom. The number of amides is 1. The minimum Gasteiger partial charge on any atom is -0.493 e. The third-order valence-electron chi connectivity index (χ3n) is 4.51. The Morgan fingerprint density at radius 2 is 1.89 bits per heavy atom. The molecule has 0 unspecified atom stereocenters. The van der Waals surface area contributed by atoms with Crippen LogP contribution in [-0.2, 0) is 17.8 Å². The Labute approximate surface area is 155 Å². The monoisotopic (exact) mass is 358 g/mol. The largest absolute Gasteiger partial charge is 0.493 e. The van der Waals surface area contributed by atoms with E-state index in [9.17, 15) is 9.90 Å². The molecule has 4 aromatic rings. The van der Waals surface area contributed by atoms with Gasteiger partial charge >= 0.3 is 0 Å². The number of fused-ring (bicyclic) bond motifs is 2. The lowest BCUT2D eigenvalue weighted by Gasteiger charge is -2.01. The summed E-state index contributed by atoms with van der Waals surface area (Å²) in [6.45, 7) is 4.15. The molecule has 2 aromatic heterocycles. The standard InChI is InChI=1S/C21H18N4O2/c1-2-11-25-18-10-6-4-8-16(18)20(21(25)27)24-23-19(26)12-14-13-22-17-9-5-3-7-15(14)17/h2-10,13,22,27H,1,11-12H2. The van der Waals surface area contributed by atoms with Crippen molar-refractivity contribution >= 4 is 33.4 Å². The lowest BCUT2D eigenvalue weighted by molar-refractivity contribution is -0.117. The number of aromatic amines is 1. The molecule has 0 saturated carbocycles. The van der Waals surface area contributed by atoms with E-state index in [0.29, 0.717) is 12.2 Å². The molecule has 0 bridgehead atoms. The fourth-order valence-corrected chi connectivity index (χ4v) is 3.27. The van der Waals surface area contributed by atoms with Gasteiger partial charge in [0.05, 0.1) is 11.9 Å². The van der Waals surface area contributed by atoms with Gasteiger partial charge in [0, 0.05) is 29.0 Å². The number of nitrogens with zero attached hydrogens (tertiary/aromatic N) is 3. The molecule has 0 saturated heterocycles. The number of aromatic nitrogens is 2. The van der Waals surface area contributed by atoms with Crippen molar-refractivity contribution < 1.29 is 9.90 Å². The molecule has 27 heavy (non-hydrogen) atoms. The molecule has 2 heterocycles.